The van der Waals surface area contributed by atoms with Crippen molar-refractivity contribution in [1.29, 1.82) is 0 Å². The number of hydrogen-bond donors (Lipinski definition) is 7. The number of carbonyl (C=O) groups is 1. The molecule has 4 aliphatic carbocycles. The van der Waals surface area contributed by atoms with E-state index in [1.165, 1.54) is 26.1 Å². The Morgan fingerprint density at radius 2 is 1.86 bits per heavy atom. The first-order valence-electron chi connectivity index (χ1n) is 12.0. The minimum Gasteiger partial charge on any atom is -0.451 e. The van der Waals surface area contributed by atoms with E-state index in [-0.39, 0.29) is 18.5 Å². The van der Waals surface area contributed by atoms with Crippen LogP contribution in [-0.2, 0) is 9.47 Å². The molecule has 1 aromatic heterocycles. The Balaban J connectivity index is 1.70. The molecule has 0 radical (unpaired) electrons. The molecule has 6 bridgehead atoms. The van der Waals surface area contributed by atoms with Gasteiger partial charge in [0.05, 0.1) is 5.41 Å². The Kier molecular flexibility index (Phi) is 3.95. The topological polar surface area (TPSA) is 173 Å². The molecule has 3 saturated carbocycles. The second-order valence-corrected chi connectivity index (χ2v) is 12.0. The molecule has 10 nitrogen and oxygen atoms in total. The molecule has 192 valence electrons. The molecule has 10 atom stereocenters. The molecule has 0 aromatic carbocycles. The van der Waals surface area contributed by atoms with Crippen molar-refractivity contribution in [2.24, 2.45) is 16.7 Å². The number of rotatable bonds is 3. The van der Waals surface area contributed by atoms with Gasteiger partial charge in [-0.05, 0) is 43.9 Å². The van der Waals surface area contributed by atoms with Crippen molar-refractivity contribution in [3.8, 4) is 0 Å². The Labute approximate surface area is 202 Å². The maximum absolute atomic E-state index is 13.2. The first-order chi connectivity index (χ1) is 16.0. The standard InChI is InChI=1S/C25H33NO9/c1-12(2)22(31)17(34-16(28)14-7-6-10-26-14)23(32)18(4)11-21(30)19(22,5)25(23,33)24(35-21)15(27)13(3)8-9-20(18,24)29/h6-8,10,12,15,17,26-27,29-33H,9,11H2,1-5H3/t15-,17+,18-,19+,20-,21-,22+,23-,24+,25+/m0/s1. The van der Waals surface area contributed by atoms with Gasteiger partial charge in [0.1, 0.15) is 34.2 Å². The quantitative estimate of drug-likeness (QED) is 0.222. The third kappa shape index (κ3) is 1.71. The van der Waals surface area contributed by atoms with E-state index in [4.69, 9.17) is 9.47 Å². The lowest BCUT2D eigenvalue weighted by atomic mass is 9.52. The second-order valence-electron chi connectivity index (χ2n) is 12.0. The molecule has 7 rings (SSSR count). The Morgan fingerprint density at radius 1 is 1.20 bits per heavy atom. The maximum Gasteiger partial charge on any atom is 0.355 e. The molecule has 2 saturated heterocycles. The van der Waals surface area contributed by atoms with Crippen LogP contribution in [0.4, 0.5) is 0 Å². The van der Waals surface area contributed by atoms with Crippen LogP contribution in [-0.4, -0.2) is 87.6 Å². The summed E-state index contributed by atoms with van der Waals surface area (Å²) in [4.78, 5) is 15.9. The van der Waals surface area contributed by atoms with Gasteiger partial charge in [0.25, 0.3) is 0 Å². The van der Waals surface area contributed by atoms with Crippen molar-refractivity contribution in [2.75, 3.05) is 0 Å². The van der Waals surface area contributed by atoms with Gasteiger partial charge in [-0.25, -0.2) is 4.79 Å². The van der Waals surface area contributed by atoms with Gasteiger partial charge < -0.3 is 45.1 Å². The monoisotopic (exact) mass is 491 g/mol. The molecule has 1 spiro atoms. The average Bonchev–Trinajstić information content (AvgIpc) is 3.41. The van der Waals surface area contributed by atoms with E-state index in [2.05, 4.69) is 4.98 Å². The molecular weight excluding hydrogens is 458 g/mol. The molecule has 6 aliphatic rings. The van der Waals surface area contributed by atoms with E-state index in [0.717, 1.165) is 0 Å². The number of aromatic amines is 1. The molecule has 3 heterocycles. The first kappa shape index (κ1) is 23.6. The van der Waals surface area contributed by atoms with Crippen LogP contribution < -0.4 is 0 Å². The molecular formula is C25H33NO9. The van der Waals surface area contributed by atoms with Crippen LogP contribution in [0.3, 0.4) is 0 Å². The van der Waals surface area contributed by atoms with Gasteiger partial charge in [-0.2, -0.15) is 0 Å². The lowest BCUT2D eigenvalue weighted by molar-refractivity contribution is -0.379. The fourth-order valence-corrected chi connectivity index (χ4v) is 9.18. The van der Waals surface area contributed by atoms with Gasteiger partial charge >= 0.3 is 5.97 Å². The number of aromatic nitrogens is 1. The Morgan fingerprint density at radius 3 is 2.43 bits per heavy atom. The van der Waals surface area contributed by atoms with Gasteiger partial charge in [0.15, 0.2) is 17.5 Å². The fraction of sp³-hybridized carbons (Fsp3) is 0.720. The van der Waals surface area contributed by atoms with Crippen molar-refractivity contribution in [2.45, 2.75) is 93.5 Å². The van der Waals surface area contributed by atoms with Crippen LogP contribution in [0.1, 0.15) is 57.9 Å². The number of esters is 1. The van der Waals surface area contributed by atoms with Crippen LogP contribution in [0.25, 0.3) is 0 Å². The van der Waals surface area contributed by atoms with Gasteiger partial charge in [0.2, 0.25) is 0 Å². The van der Waals surface area contributed by atoms with E-state index < -0.39 is 68.7 Å². The summed E-state index contributed by atoms with van der Waals surface area (Å²) in [5, 5.41) is 73.7. The first-order valence-corrected chi connectivity index (χ1v) is 12.0. The lowest BCUT2D eigenvalue weighted by Crippen LogP contribution is -2.74. The number of H-pyrrole nitrogens is 1. The number of ether oxygens (including phenoxy) is 2. The SMILES string of the molecule is CC1=CC[C@]2(O)[C@]3(C)C[C@]4(O)O[C@@]2([C@H]1O)[C@]1(O)[C@]3(O)[C@H](OC(=O)c2ccc[nH]2)[C@](O)(C(C)C)[C@]14C. The van der Waals surface area contributed by atoms with Gasteiger partial charge in [-0.1, -0.05) is 26.8 Å². The van der Waals surface area contributed by atoms with Crippen LogP contribution in [0.2, 0.25) is 0 Å². The second kappa shape index (κ2) is 5.85. The molecule has 1 aromatic rings. The van der Waals surface area contributed by atoms with Gasteiger partial charge in [0, 0.05) is 18.0 Å². The summed E-state index contributed by atoms with van der Waals surface area (Å²) in [7, 11) is 0. The summed E-state index contributed by atoms with van der Waals surface area (Å²) < 4.78 is 12.0. The maximum atomic E-state index is 13.2. The highest BCUT2D eigenvalue weighted by molar-refractivity contribution is 5.87. The van der Waals surface area contributed by atoms with Crippen molar-refractivity contribution in [3.05, 3.63) is 35.7 Å². The minimum absolute atomic E-state index is 0.0581. The average molecular weight is 492 g/mol. The molecule has 2 aliphatic heterocycles. The number of carbonyl (C=O) groups excluding carboxylic acids is 1. The van der Waals surface area contributed by atoms with E-state index in [0.29, 0.717) is 5.57 Å². The van der Waals surface area contributed by atoms with Crippen molar-refractivity contribution in [1.82, 2.24) is 4.98 Å². The zero-order valence-corrected chi connectivity index (χ0v) is 20.4. The predicted octanol–water partition coefficient (Wildman–Crippen LogP) is -0.268. The largest absolute Gasteiger partial charge is 0.451 e. The van der Waals surface area contributed by atoms with Crippen molar-refractivity contribution in [3.63, 3.8) is 0 Å². The zero-order chi connectivity index (χ0) is 25.8. The summed E-state index contributed by atoms with van der Waals surface area (Å²) >= 11 is 0. The summed E-state index contributed by atoms with van der Waals surface area (Å²) in [5.74, 6) is -3.94. The van der Waals surface area contributed by atoms with E-state index in [1.807, 2.05) is 0 Å². The molecule has 0 amide bonds. The molecule has 10 heteroatoms. The number of hydrogen-bond acceptors (Lipinski definition) is 9. The smallest absolute Gasteiger partial charge is 0.355 e. The molecule has 35 heavy (non-hydrogen) atoms. The third-order valence-electron chi connectivity index (χ3n) is 10.9. The van der Waals surface area contributed by atoms with Gasteiger partial charge in [-0.15, -0.1) is 0 Å². The highest BCUT2D eigenvalue weighted by Crippen LogP contribution is 2.90. The van der Waals surface area contributed by atoms with E-state index in [1.54, 1.807) is 32.9 Å². The van der Waals surface area contributed by atoms with Crippen LogP contribution in [0, 0.1) is 16.7 Å². The predicted molar refractivity (Wildman–Crippen MR) is 119 cm³/mol. The Bertz CT molecular complexity index is 1180. The van der Waals surface area contributed by atoms with Crippen LogP contribution >= 0.6 is 0 Å². The summed E-state index contributed by atoms with van der Waals surface area (Å²) in [6.07, 6.45) is -0.760. The highest BCUT2D eigenvalue weighted by Gasteiger charge is 3.10. The fourth-order valence-electron chi connectivity index (χ4n) is 9.18. The molecule has 7 N–H and O–H groups in total. The lowest BCUT2D eigenvalue weighted by Gasteiger charge is -2.59. The van der Waals surface area contributed by atoms with E-state index >= 15 is 0 Å². The van der Waals surface area contributed by atoms with Crippen LogP contribution in [0.5, 0.6) is 0 Å². The molecule has 5 fully saturated rings. The van der Waals surface area contributed by atoms with E-state index in [9.17, 15) is 35.4 Å². The normalized spacial score (nSPS) is 57.5. The van der Waals surface area contributed by atoms with Crippen molar-refractivity contribution < 1.29 is 44.9 Å². The summed E-state index contributed by atoms with van der Waals surface area (Å²) in [6, 6.07) is 3.05. The molecule has 0 unspecified atom stereocenters. The minimum atomic E-state index is -2.63. The summed E-state index contributed by atoms with van der Waals surface area (Å²) in [6.45, 7) is 7.70. The number of aliphatic hydroxyl groups is 6. The third-order valence-corrected chi connectivity index (χ3v) is 10.9. The zero-order valence-electron chi connectivity index (χ0n) is 20.4. The number of aliphatic hydroxyl groups excluding tert-OH is 1. The Hall–Kier alpha value is -1.79. The van der Waals surface area contributed by atoms with Crippen molar-refractivity contribution >= 4 is 5.97 Å². The van der Waals surface area contributed by atoms with Gasteiger partial charge in [-0.3, -0.25) is 0 Å². The summed E-state index contributed by atoms with van der Waals surface area (Å²) in [5.41, 5.74) is -15.2. The number of nitrogens with one attached hydrogen (secondary N) is 1. The van der Waals surface area contributed by atoms with Crippen LogP contribution in [0.15, 0.2) is 30.0 Å². The highest BCUT2D eigenvalue weighted by atomic mass is 16.7.